The second-order valence-corrected chi connectivity index (χ2v) is 3.09. The molecule has 0 saturated heterocycles. The van der Waals surface area contributed by atoms with Crippen molar-refractivity contribution in [1.29, 1.82) is 0 Å². The molecule has 0 radical (unpaired) electrons. The number of alkyl halides is 3. The molecule has 0 aliphatic heterocycles. The van der Waals surface area contributed by atoms with Gasteiger partial charge in [-0.15, -0.1) is 13.2 Å². The Kier molecular flexibility index (Phi) is 3.65. The van der Waals surface area contributed by atoms with Crippen LogP contribution in [0.3, 0.4) is 0 Å². The van der Waals surface area contributed by atoms with Crippen molar-refractivity contribution in [2.75, 3.05) is 7.11 Å². The van der Waals surface area contributed by atoms with Gasteiger partial charge in [0.1, 0.15) is 5.75 Å². The lowest BCUT2D eigenvalue weighted by atomic mass is 10.3. The molecule has 0 bridgehead atoms. The number of ether oxygens (including phenoxy) is 1. The number of hydrogen-bond acceptors (Lipinski definition) is 3. The lowest BCUT2D eigenvalue weighted by Gasteiger charge is -2.05. The molecule has 0 unspecified atom stereocenters. The number of halogens is 3. The van der Waals surface area contributed by atoms with Crippen LogP contribution in [0.25, 0.3) is 0 Å². The molecule has 0 heterocycles. The highest BCUT2D eigenvalue weighted by atomic mass is 32.2. The number of hydrogen-bond donors (Lipinski definition) is 0. The SMILES string of the molecule is COc1ccc(SOC(F)(F)F)cc1. The van der Waals surface area contributed by atoms with Gasteiger partial charge in [-0.05, 0) is 24.3 Å². The van der Waals surface area contributed by atoms with Crippen molar-refractivity contribution in [1.82, 2.24) is 0 Å². The van der Waals surface area contributed by atoms with Gasteiger partial charge in [-0.25, -0.2) is 4.18 Å². The molecule has 0 fully saturated rings. The van der Waals surface area contributed by atoms with Gasteiger partial charge in [0.2, 0.25) is 0 Å². The molecule has 2 nitrogen and oxygen atoms in total. The van der Waals surface area contributed by atoms with Crippen LogP contribution in [0.5, 0.6) is 5.75 Å². The maximum absolute atomic E-state index is 11.6. The maximum atomic E-state index is 11.6. The van der Waals surface area contributed by atoms with Crippen molar-refractivity contribution in [2.24, 2.45) is 0 Å². The van der Waals surface area contributed by atoms with Gasteiger partial charge >= 0.3 is 6.36 Å². The third-order valence-corrected chi connectivity index (χ3v) is 2.03. The molecule has 1 aromatic carbocycles. The van der Waals surface area contributed by atoms with Gasteiger partial charge in [0, 0.05) is 16.9 Å². The number of benzene rings is 1. The Morgan fingerprint density at radius 2 is 1.71 bits per heavy atom. The van der Waals surface area contributed by atoms with Gasteiger partial charge in [0.15, 0.2) is 0 Å². The molecule has 0 aliphatic rings. The predicted molar refractivity (Wildman–Crippen MR) is 46.0 cm³/mol. The molecular formula is C8H7F3O2S. The Hall–Kier alpha value is -0.880. The largest absolute Gasteiger partial charge is 0.533 e. The smallest absolute Gasteiger partial charge is 0.497 e. The van der Waals surface area contributed by atoms with Crippen LogP contribution in [0.2, 0.25) is 0 Å². The standard InChI is InChI=1S/C8H7F3O2S/c1-12-6-2-4-7(5-3-6)14-13-8(9,10)11/h2-5H,1H3. The Morgan fingerprint density at radius 3 is 2.14 bits per heavy atom. The van der Waals surface area contributed by atoms with Crippen molar-refractivity contribution in [3.8, 4) is 5.75 Å². The highest BCUT2D eigenvalue weighted by Gasteiger charge is 2.30. The molecule has 0 aliphatic carbocycles. The summed E-state index contributed by atoms with van der Waals surface area (Å²) in [5.74, 6) is 0.585. The number of methoxy groups -OCH3 is 1. The predicted octanol–water partition coefficient (Wildman–Crippen LogP) is 3.24. The van der Waals surface area contributed by atoms with E-state index in [0.29, 0.717) is 10.6 Å². The fourth-order valence-electron chi connectivity index (χ4n) is 0.727. The second kappa shape index (κ2) is 4.56. The minimum atomic E-state index is -4.62. The van der Waals surface area contributed by atoms with Crippen LogP contribution < -0.4 is 4.74 Å². The molecule has 0 amide bonds. The quantitative estimate of drug-likeness (QED) is 0.734. The summed E-state index contributed by atoms with van der Waals surface area (Å²) in [6.07, 6.45) is -4.62. The first-order valence-corrected chi connectivity index (χ1v) is 4.32. The summed E-state index contributed by atoms with van der Waals surface area (Å²) in [7, 11) is 1.48. The Labute approximate surface area is 83.2 Å². The second-order valence-electron chi connectivity index (χ2n) is 2.29. The monoisotopic (exact) mass is 224 g/mol. The molecule has 14 heavy (non-hydrogen) atoms. The molecule has 1 aromatic rings. The molecular weight excluding hydrogens is 217 g/mol. The minimum Gasteiger partial charge on any atom is -0.497 e. The third kappa shape index (κ3) is 3.89. The Balaban J connectivity index is 2.52. The average Bonchev–Trinajstić information content (AvgIpc) is 2.14. The van der Waals surface area contributed by atoms with Crippen LogP contribution in [0.4, 0.5) is 13.2 Å². The van der Waals surface area contributed by atoms with E-state index < -0.39 is 6.36 Å². The summed E-state index contributed by atoms with van der Waals surface area (Å²) < 4.78 is 43.3. The molecule has 0 saturated carbocycles. The fourth-order valence-corrected chi connectivity index (χ4v) is 1.16. The highest BCUT2D eigenvalue weighted by molar-refractivity contribution is 7.94. The van der Waals surface area contributed by atoms with E-state index in [1.807, 2.05) is 0 Å². The van der Waals surface area contributed by atoms with Gasteiger partial charge in [-0.3, -0.25) is 0 Å². The number of rotatable bonds is 3. The van der Waals surface area contributed by atoms with Crippen molar-refractivity contribution < 1.29 is 22.1 Å². The van der Waals surface area contributed by atoms with E-state index in [9.17, 15) is 13.2 Å². The van der Waals surface area contributed by atoms with E-state index in [4.69, 9.17) is 4.74 Å². The zero-order valence-electron chi connectivity index (χ0n) is 7.17. The first-order chi connectivity index (χ1) is 6.51. The van der Waals surface area contributed by atoms with Crippen molar-refractivity contribution >= 4 is 12.0 Å². The van der Waals surface area contributed by atoms with E-state index in [1.165, 1.54) is 19.2 Å². The molecule has 0 spiro atoms. The van der Waals surface area contributed by atoms with Gasteiger partial charge in [-0.2, -0.15) is 0 Å². The maximum Gasteiger partial charge on any atom is 0.533 e. The van der Waals surface area contributed by atoms with E-state index in [0.717, 1.165) is 0 Å². The lowest BCUT2D eigenvalue weighted by molar-refractivity contribution is -0.266. The Morgan fingerprint density at radius 1 is 1.14 bits per heavy atom. The average molecular weight is 224 g/mol. The summed E-state index contributed by atoms with van der Waals surface area (Å²) in [6, 6.07) is 6.08. The Bertz CT molecular complexity index is 284. The van der Waals surface area contributed by atoms with Crippen LogP contribution in [-0.4, -0.2) is 13.5 Å². The van der Waals surface area contributed by atoms with Crippen LogP contribution >= 0.6 is 12.0 Å². The van der Waals surface area contributed by atoms with Crippen LogP contribution in [0, 0.1) is 0 Å². The minimum absolute atomic E-state index is 0.266. The van der Waals surface area contributed by atoms with Crippen LogP contribution in [0.1, 0.15) is 0 Å². The lowest BCUT2D eigenvalue weighted by Crippen LogP contribution is -2.07. The van der Waals surface area contributed by atoms with Crippen LogP contribution in [-0.2, 0) is 4.18 Å². The zero-order chi connectivity index (χ0) is 10.6. The molecule has 6 heteroatoms. The van der Waals surface area contributed by atoms with E-state index in [1.54, 1.807) is 12.1 Å². The summed E-state index contributed by atoms with van der Waals surface area (Å²) in [4.78, 5) is 0.364. The van der Waals surface area contributed by atoms with Crippen molar-refractivity contribution in [3.63, 3.8) is 0 Å². The molecule has 1 rings (SSSR count). The summed E-state index contributed by atoms with van der Waals surface area (Å²) >= 11 is 0.266. The van der Waals surface area contributed by atoms with E-state index in [-0.39, 0.29) is 12.0 Å². The summed E-state index contributed by atoms with van der Waals surface area (Å²) in [5, 5.41) is 0. The summed E-state index contributed by atoms with van der Waals surface area (Å²) in [6.45, 7) is 0. The van der Waals surface area contributed by atoms with Crippen molar-refractivity contribution in [2.45, 2.75) is 11.3 Å². The topological polar surface area (TPSA) is 18.5 Å². The first kappa shape index (κ1) is 11.2. The summed E-state index contributed by atoms with van der Waals surface area (Å²) in [5.41, 5.74) is 0. The third-order valence-electron chi connectivity index (χ3n) is 1.29. The van der Waals surface area contributed by atoms with Gasteiger partial charge in [0.05, 0.1) is 7.11 Å². The highest BCUT2D eigenvalue weighted by Crippen LogP contribution is 2.29. The van der Waals surface area contributed by atoms with E-state index in [2.05, 4.69) is 4.18 Å². The normalized spacial score (nSPS) is 11.4. The van der Waals surface area contributed by atoms with Gasteiger partial charge in [-0.1, -0.05) is 0 Å². The first-order valence-electron chi connectivity index (χ1n) is 3.58. The molecule has 0 aromatic heterocycles. The molecule has 0 N–H and O–H groups in total. The van der Waals surface area contributed by atoms with Crippen molar-refractivity contribution in [3.05, 3.63) is 24.3 Å². The van der Waals surface area contributed by atoms with Gasteiger partial charge in [0.25, 0.3) is 0 Å². The zero-order valence-corrected chi connectivity index (χ0v) is 7.98. The van der Waals surface area contributed by atoms with E-state index >= 15 is 0 Å². The molecule has 78 valence electrons. The van der Waals surface area contributed by atoms with Gasteiger partial charge < -0.3 is 4.74 Å². The molecule has 0 atom stereocenters. The van der Waals surface area contributed by atoms with Crippen LogP contribution in [0.15, 0.2) is 29.2 Å². The fraction of sp³-hybridized carbons (Fsp3) is 0.250.